The van der Waals surface area contributed by atoms with Gasteiger partial charge >= 0.3 is 0 Å². The van der Waals surface area contributed by atoms with E-state index in [0.717, 1.165) is 28.3 Å². The number of rotatable bonds is 1. The topological polar surface area (TPSA) is 38.7 Å². The van der Waals surface area contributed by atoms with Crippen LogP contribution in [-0.2, 0) is 20.1 Å². The van der Waals surface area contributed by atoms with Crippen molar-refractivity contribution in [2.45, 2.75) is 26.9 Å². The minimum absolute atomic E-state index is 0. The fraction of sp³-hybridized carbons (Fsp3) is 0.121. The first-order valence-corrected chi connectivity index (χ1v) is 15.5. The first kappa shape index (κ1) is 26.1. The van der Waals surface area contributed by atoms with E-state index >= 15 is 0 Å². The van der Waals surface area contributed by atoms with Crippen molar-refractivity contribution in [1.82, 2.24) is 15.0 Å². The zero-order chi connectivity index (χ0) is 25.6. The van der Waals surface area contributed by atoms with E-state index in [9.17, 15) is 0 Å². The molecule has 7 rings (SSSR count). The van der Waals surface area contributed by atoms with E-state index in [-0.39, 0.29) is 20.1 Å². The van der Waals surface area contributed by atoms with Gasteiger partial charge in [-0.1, -0.05) is 36.5 Å². The minimum atomic E-state index is -1.81. The second kappa shape index (κ2) is 10.3. The predicted molar refractivity (Wildman–Crippen MR) is 156 cm³/mol. The second-order valence-corrected chi connectivity index (χ2v) is 14.4. The van der Waals surface area contributed by atoms with Gasteiger partial charge in [0, 0.05) is 49.3 Å². The van der Waals surface area contributed by atoms with Crippen molar-refractivity contribution >= 4 is 40.0 Å². The average molecular weight is 686 g/mol. The van der Waals surface area contributed by atoms with Crippen LogP contribution in [0.2, 0.25) is 13.1 Å². The first-order valence-electron chi connectivity index (χ1n) is 12.5. The molecule has 3 aromatic heterocycles. The maximum atomic E-state index is 4.77. The van der Waals surface area contributed by atoms with E-state index < -0.39 is 8.07 Å². The molecule has 0 N–H and O–H groups in total. The molecule has 0 atom stereocenters. The molecule has 3 aromatic carbocycles. The molecule has 1 aliphatic rings. The van der Waals surface area contributed by atoms with Gasteiger partial charge in [-0.15, -0.1) is 70.9 Å². The summed E-state index contributed by atoms with van der Waals surface area (Å²) < 4.78 is 0. The van der Waals surface area contributed by atoms with Gasteiger partial charge in [-0.05, 0) is 59.6 Å². The number of pyridine rings is 3. The van der Waals surface area contributed by atoms with Crippen molar-refractivity contribution in [3.63, 3.8) is 0 Å². The fourth-order valence-electron chi connectivity index (χ4n) is 5.47. The van der Waals surface area contributed by atoms with Crippen molar-refractivity contribution in [2.24, 2.45) is 0 Å². The molecule has 0 aliphatic carbocycles. The summed E-state index contributed by atoms with van der Waals surface area (Å²) in [6.07, 6.45) is 3.73. The number of aromatic nitrogens is 3. The molecule has 4 heterocycles. The van der Waals surface area contributed by atoms with Crippen LogP contribution >= 0.6 is 0 Å². The summed E-state index contributed by atoms with van der Waals surface area (Å²) >= 11 is 0. The van der Waals surface area contributed by atoms with Gasteiger partial charge < -0.3 is 9.97 Å². The quantitative estimate of drug-likeness (QED) is 0.112. The van der Waals surface area contributed by atoms with Crippen molar-refractivity contribution in [1.29, 1.82) is 0 Å². The number of aryl methyl sites for hydroxylation is 2. The van der Waals surface area contributed by atoms with Crippen LogP contribution in [0, 0.1) is 26.0 Å². The molecule has 3 nitrogen and oxygen atoms in total. The fourth-order valence-corrected chi connectivity index (χ4v) is 8.48. The van der Waals surface area contributed by atoms with E-state index in [1.807, 2.05) is 54.7 Å². The smallest absolute Gasteiger partial charge is 0.0659 e. The summed E-state index contributed by atoms with van der Waals surface area (Å²) in [5, 5.41) is 8.09. The van der Waals surface area contributed by atoms with Gasteiger partial charge in [-0.25, -0.2) is 0 Å². The molecule has 0 spiro atoms. The normalized spacial score (nSPS) is 12.7. The van der Waals surface area contributed by atoms with E-state index in [4.69, 9.17) is 9.97 Å². The summed E-state index contributed by atoms with van der Waals surface area (Å²) in [5.74, 6) is 0. The van der Waals surface area contributed by atoms with E-state index in [1.54, 1.807) is 6.20 Å². The number of hydrogen-bond acceptors (Lipinski definition) is 3. The molecule has 1 aliphatic heterocycles. The SMILES string of the molecule is Cc1cc2c(cc3c4c(nccc42)-c2[c-]cccc2[Si]3(C)C)c(C)n1.[Ir].[c-]1ccccc1-c1ccccn1. The molecule has 1 radical (unpaired) electrons. The molecule has 189 valence electrons. The van der Waals surface area contributed by atoms with Crippen LogP contribution in [0.3, 0.4) is 0 Å². The third-order valence-electron chi connectivity index (χ3n) is 7.27. The first-order chi connectivity index (χ1) is 17.9. The van der Waals surface area contributed by atoms with Crippen molar-refractivity contribution in [3.05, 3.63) is 115 Å². The molecule has 0 bridgehead atoms. The van der Waals surface area contributed by atoms with Crippen LogP contribution < -0.4 is 10.4 Å². The van der Waals surface area contributed by atoms with Crippen LogP contribution in [0.15, 0.2) is 91.3 Å². The van der Waals surface area contributed by atoms with Crippen molar-refractivity contribution < 1.29 is 20.1 Å². The molecule has 0 amide bonds. The van der Waals surface area contributed by atoms with Crippen LogP contribution in [0.25, 0.3) is 44.1 Å². The Hall–Kier alpha value is -3.50. The Morgan fingerprint density at radius 3 is 2.29 bits per heavy atom. The van der Waals surface area contributed by atoms with Gasteiger partial charge in [-0.2, -0.15) is 0 Å². The van der Waals surface area contributed by atoms with Crippen LogP contribution in [0.1, 0.15) is 11.4 Å². The molecular formula is C33H27IrN3Si-2. The van der Waals surface area contributed by atoms with Gasteiger partial charge in [0.2, 0.25) is 0 Å². The van der Waals surface area contributed by atoms with Crippen LogP contribution in [0.5, 0.6) is 0 Å². The summed E-state index contributed by atoms with van der Waals surface area (Å²) in [4.78, 5) is 13.7. The van der Waals surface area contributed by atoms with Gasteiger partial charge in [0.05, 0.1) is 8.07 Å². The summed E-state index contributed by atoms with van der Waals surface area (Å²) in [6.45, 7) is 9.07. The Morgan fingerprint density at radius 2 is 1.53 bits per heavy atom. The standard InChI is InChI=1S/C22H19N2Si.C11H8N.Ir/c1-13-11-18-15-9-10-23-22-16-7-5-6-8-19(16)25(3,4)20(21(15)22)12-17(18)14(2)24-13;1-2-6-10(7-3-1)11-8-4-5-9-12-11;/h5-6,8-12H,1-4H3;1-6,8-9H;/q2*-1;. The third kappa shape index (κ3) is 4.41. The van der Waals surface area contributed by atoms with Crippen LogP contribution in [0.4, 0.5) is 0 Å². The van der Waals surface area contributed by atoms with Gasteiger partial charge in [0.15, 0.2) is 0 Å². The maximum absolute atomic E-state index is 4.77. The molecule has 0 saturated carbocycles. The van der Waals surface area contributed by atoms with E-state index in [2.05, 4.69) is 74.4 Å². The maximum Gasteiger partial charge on any atom is 0.0659 e. The summed E-state index contributed by atoms with van der Waals surface area (Å²) in [7, 11) is -1.81. The zero-order valence-electron chi connectivity index (χ0n) is 21.8. The number of hydrogen-bond donors (Lipinski definition) is 0. The van der Waals surface area contributed by atoms with Gasteiger partial charge in [0.1, 0.15) is 0 Å². The average Bonchev–Trinajstić information content (AvgIpc) is 2.93. The molecule has 5 heteroatoms. The molecule has 38 heavy (non-hydrogen) atoms. The van der Waals surface area contributed by atoms with Crippen LogP contribution in [-0.4, -0.2) is 23.0 Å². The van der Waals surface area contributed by atoms with Crippen molar-refractivity contribution in [2.75, 3.05) is 0 Å². The Kier molecular flexibility index (Phi) is 7.10. The van der Waals surface area contributed by atoms with Gasteiger partial charge in [-0.3, -0.25) is 4.98 Å². The number of nitrogens with zero attached hydrogens (tertiary/aromatic N) is 3. The molecule has 0 fully saturated rings. The second-order valence-electron chi connectivity index (χ2n) is 10.0. The molecule has 0 unspecified atom stereocenters. The number of fused-ring (bicyclic) bond motifs is 4. The third-order valence-corrected chi connectivity index (χ3v) is 10.8. The summed E-state index contributed by atoms with van der Waals surface area (Å²) in [5.41, 5.74) is 6.47. The number of benzene rings is 3. The Labute approximate surface area is 238 Å². The van der Waals surface area contributed by atoms with E-state index in [0.29, 0.717) is 0 Å². The predicted octanol–water partition coefficient (Wildman–Crippen LogP) is 6.55. The zero-order valence-corrected chi connectivity index (χ0v) is 25.2. The monoisotopic (exact) mass is 686 g/mol. The molecule has 6 aromatic rings. The minimum Gasteiger partial charge on any atom is -0.305 e. The summed E-state index contributed by atoms with van der Waals surface area (Å²) in [6, 6.07) is 33.5. The van der Waals surface area contributed by atoms with Crippen molar-refractivity contribution in [3.8, 4) is 22.5 Å². The van der Waals surface area contributed by atoms with E-state index in [1.165, 1.54) is 37.5 Å². The molecule has 0 saturated heterocycles. The Morgan fingerprint density at radius 1 is 0.711 bits per heavy atom. The van der Waals surface area contributed by atoms with Gasteiger partial charge in [0.25, 0.3) is 0 Å². The largest absolute Gasteiger partial charge is 0.305 e. The Bertz CT molecular complexity index is 1730. The molecular weight excluding hydrogens is 659 g/mol. The Balaban J connectivity index is 0.000000191.